The van der Waals surface area contributed by atoms with Gasteiger partial charge in [-0.15, -0.1) is 0 Å². The lowest BCUT2D eigenvalue weighted by Crippen LogP contribution is -2.28. The van der Waals surface area contributed by atoms with E-state index in [1.807, 2.05) is 0 Å². The van der Waals surface area contributed by atoms with E-state index in [4.69, 9.17) is 5.11 Å². The first-order valence-electron chi connectivity index (χ1n) is 4.03. The van der Waals surface area contributed by atoms with Gasteiger partial charge in [-0.2, -0.15) is 0 Å². The average molecular weight is 163 g/mol. The predicted octanol–water partition coefficient (Wildman–Crippen LogP) is 1.05. The molecule has 0 spiro atoms. The van der Waals surface area contributed by atoms with Crippen molar-refractivity contribution < 1.29 is 9.50 Å². The second-order valence-electron chi connectivity index (χ2n) is 2.97. The summed E-state index contributed by atoms with van der Waals surface area (Å²) >= 11 is 0. The molecule has 1 N–H and O–H groups in total. The first-order chi connectivity index (χ1) is 5.20. The van der Waals surface area contributed by atoms with Crippen LogP contribution in [0.25, 0.3) is 0 Å². The Morgan fingerprint density at radius 2 is 2.00 bits per heavy atom. The van der Waals surface area contributed by atoms with E-state index >= 15 is 0 Å². The maximum Gasteiger partial charge on any atom is 0.114 e. The fraction of sp³-hybridized carbons (Fsp3) is 1.00. The number of alkyl halides is 1. The molecular weight excluding hydrogens is 145 g/mol. The Labute approximate surface area is 68.0 Å². The van der Waals surface area contributed by atoms with Crippen LogP contribution in [0.15, 0.2) is 0 Å². The van der Waals surface area contributed by atoms with Gasteiger partial charge in [0.2, 0.25) is 0 Å². The molecule has 2 nitrogen and oxygen atoms in total. The van der Waals surface area contributed by atoms with Crippen LogP contribution in [0.4, 0.5) is 4.39 Å². The molecule has 0 aliphatic carbocycles. The average Bonchev–Trinajstić information content (AvgIpc) is 2.40. The number of aliphatic hydroxyl groups excluding tert-OH is 1. The summed E-state index contributed by atoms with van der Waals surface area (Å²) in [5.74, 6) is 0. The van der Waals surface area contributed by atoms with Crippen molar-refractivity contribution >= 4 is 0 Å². The van der Waals surface area contributed by atoms with Gasteiger partial charge in [0.1, 0.15) is 6.17 Å². The molecule has 1 heterocycles. The van der Waals surface area contributed by atoms with Crippen molar-refractivity contribution in [2.24, 2.45) is 0 Å². The summed E-state index contributed by atoms with van der Waals surface area (Å²) in [7, 11) is 1.00. The summed E-state index contributed by atoms with van der Waals surface area (Å²) in [4.78, 5) is 2.17. The largest absolute Gasteiger partial charge is 0.400 e. The molecule has 0 amide bonds. The maximum atomic E-state index is 12.5. The Bertz CT molecular complexity index is 98.1. The van der Waals surface area contributed by atoms with E-state index in [0.717, 1.165) is 20.1 Å². The van der Waals surface area contributed by atoms with Crippen molar-refractivity contribution in [3.63, 3.8) is 0 Å². The lowest BCUT2D eigenvalue weighted by Gasteiger charge is -2.18. The van der Waals surface area contributed by atoms with Gasteiger partial charge in [-0.05, 0) is 20.3 Å². The molecule has 0 aromatic carbocycles. The van der Waals surface area contributed by atoms with Crippen LogP contribution >= 0.6 is 0 Å². The van der Waals surface area contributed by atoms with E-state index in [1.54, 1.807) is 0 Å². The smallest absolute Gasteiger partial charge is 0.114 e. The Morgan fingerprint density at radius 3 is 2.18 bits per heavy atom. The van der Waals surface area contributed by atoms with Gasteiger partial charge in [0, 0.05) is 26.2 Å². The van der Waals surface area contributed by atoms with Gasteiger partial charge in [0.25, 0.3) is 0 Å². The molecule has 0 saturated carbocycles. The first-order valence-corrected chi connectivity index (χ1v) is 4.03. The van der Waals surface area contributed by atoms with Crippen molar-refractivity contribution in [1.82, 2.24) is 4.90 Å². The number of aliphatic hydroxyl groups is 1. The van der Waals surface area contributed by atoms with Gasteiger partial charge in [-0.25, -0.2) is 4.39 Å². The quantitative estimate of drug-likeness (QED) is 0.624. The summed E-state index contributed by atoms with van der Waals surface area (Å²) in [6.07, 6.45) is 0.172. The zero-order valence-electron chi connectivity index (χ0n) is 7.55. The molecule has 1 aliphatic rings. The molecule has 1 unspecified atom stereocenters. The first kappa shape index (κ1) is 10.8. The zero-order valence-corrected chi connectivity index (χ0v) is 7.55. The van der Waals surface area contributed by atoms with Gasteiger partial charge in [-0.1, -0.05) is 0 Å². The molecule has 0 aromatic heterocycles. The molecule has 1 saturated heterocycles. The number of halogens is 1. The number of nitrogens with zero attached hydrogens (tertiary/aromatic N) is 1. The summed E-state index contributed by atoms with van der Waals surface area (Å²) in [5, 5.41) is 7.00. The van der Waals surface area contributed by atoms with Crippen LogP contribution in [0.3, 0.4) is 0 Å². The normalized spacial score (nSPS) is 25.1. The summed E-state index contributed by atoms with van der Waals surface area (Å²) < 4.78 is 12.5. The molecular formula is C8H18FNO. The highest BCUT2D eigenvalue weighted by atomic mass is 19.1. The van der Waals surface area contributed by atoms with Crippen LogP contribution in [-0.4, -0.2) is 42.4 Å². The molecule has 0 radical (unpaired) electrons. The number of rotatable bonds is 1. The van der Waals surface area contributed by atoms with Gasteiger partial charge in [0.15, 0.2) is 0 Å². The predicted molar refractivity (Wildman–Crippen MR) is 44.4 cm³/mol. The molecule has 1 rings (SSSR count). The van der Waals surface area contributed by atoms with Crippen LogP contribution in [-0.2, 0) is 0 Å². The maximum absolute atomic E-state index is 12.5. The Balaban J connectivity index is 0.000000461. The van der Waals surface area contributed by atoms with Crippen LogP contribution in [0.2, 0.25) is 0 Å². The monoisotopic (exact) mass is 163 g/mol. The third-order valence-electron chi connectivity index (χ3n) is 1.89. The van der Waals surface area contributed by atoms with Crippen LogP contribution in [0, 0.1) is 0 Å². The summed E-state index contributed by atoms with van der Waals surface area (Å²) in [6, 6.07) is 0.519. The van der Waals surface area contributed by atoms with Gasteiger partial charge >= 0.3 is 0 Å². The number of hydrogen-bond donors (Lipinski definition) is 1. The third-order valence-corrected chi connectivity index (χ3v) is 1.89. The highest BCUT2D eigenvalue weighted by Gasteiger charge is 2.22. The van der Waals surface area contributed by atoms with Crippen LogP contribution < -0.4 is 0 Å². The third kappa shape index (κ3) is 3.68. The second kappa shape index (κ2) is 5.49. The molecule has 68 valence electrons. The van der Waals surface area contributed by atoms with Crippen LogP contribution in [0.1, 0.15) is 20.3 Å². The topological polar surface area (TPSA) is 23.5 Å². The van der Waals surface area contributed by atoms with Crippen molar-refractivity contribution in [3.8, 4) is 0 Å². The Kier molecular flexibility index (Phi) is 5.42. The Hall–Kier alpha value is -0.150. The minimum atomic E-state index is -0.563. The van der Waals surface area contributed by atoms with E-state index < -0.39 is 6.17 Å². The number of hydrogen-bond acceptors (Lipinski definition) is 2. The van der Waals surface area contributed by atoms with Gasteiger partial charge in [-0.3, -0.25) is 4.90 Å². The van der Waals surface area contributed by atoms with E-state index in [0.29, 0.717) is 12.6 Å². The van der Waals surface area contributed by atoms with Crippen molar-refractivity contribution in [1.29, 1.82) is 0 Å². The van der Waals surface area contributed by atoms with E-state index in [2.05, 4.69) is 18.7 Å². The zero-order chi connectivity index (χ0) is 8.85. The SMILES string of the molecule is CC(C)N1CCC(F)C1.CO. The second-order valence-corrected chi connectivity index (χ2v) is 2.97. The highest BCUT2D eigenvalue weighted by Crippen LogP contribution is 2.14. The van der Waals surface area contributed by atoms with Gasteiger partial charge < -0.3 is 5.11 Å². The van der Waals surface area contributed by atoms with Crippen molar-refractivity contribution in [2.75, 3.05) is 20.2 Å². The van der Waals surface area contributed by atoms with Crippen LogP contribution in [0.5, 0.6) is 0 Å². The molecule has 1 atom stereocenters. The van der Waals surface area contributed by atoms with Gasteiger partial charge in [0.05, 0.1) is 0 Å². The van der Waals surface area contributed by atoms with Crippen molar-refractivity contribution in [2.45, 2.75) is 32.5 Å². The molecule has 1 aliphatic heterocycles. The minimum Gasteiger partial charge on any atom is -0.400 e. The van der Waals surface area contributed by atoms with Crippen molar-refractivity contribution in [3.05, 3.63) is 0 Å². The molecule has 1 fully saturated rings. The lowest BCUT2D eigenvalue weighted by molar-refractivity contribution is 0.246. The lowest BCUT2D eigenvalue weighted by atomic mass is 10.3. The Morgan fingerprint density at radius 1 is 1.45 bits per heavy atom. The highest BCUT2D eigenvalue weighted by molar-refractivity contribution is 4.76. The minimum absolute atomic E-state index is 0.519. The molecule has 11 heavy (non-hydrogen) atoms. The number of likely N-dealkylation sites (tertiary alicyclic amines) is 1. The van der Waals surface area contributed by atoms with E-state index in [-0.39, 0.29) is 0 Å². The standard InChI is InChI=1S/C7H14FN.CH4O/c1-6(2)9-4-3-7(8)5-9;1-2/h6-7H,3-5H2,1-2H3;2H,1H3. The van der Waals surface area contributed by atoms with E-state index in [1.165, 1.54) is 0 Å². The summed E-state index contributed by atoms with van der Waals surface area (Å²) in [5.41, 5.74) is 0. The summed E-state index contributed by atoms with van der Waals surface area (Å²) in [6.45, 7) is 5.81. The fourth-order valence-corrected chi connectivity index (χ4v) is 1.21. The molecule has 3 heteroatoms. The fourth-order valence-electron chi connectivity index (χ4n) is 1.21. The molecule has 0 aromatic rings. The molecule has 0 bridgehead atoms. The van der Waals surface area contributed by atoms with E-state index in [9.17, 15) is 4.39 Å².